The molecule has 0 unspecified atom stereocenters. The molecule has 0 spiro atoms. The Morgan fingerprint density at radius 1 is 0.969 bits per heavy atom. The number of benzene rings is 3. The number of hydrogen-bond acceptors (Lipinski definition) is 4. The quantitative estimate of drug-likeness (QED) is 0.396. The summed E-state index contributed by atoms with van der Waals surface area (Å²) in [6, 6.07) is 16.5. The Balaban J connectivity index is 1.60. The van der Waals surface area contributed by atoms with Crippen molar-refractivity contribution in [1.29, 1.82) is 0 Å². The number of thioether (sulfide) groups is 1. The van der Waals surface area contributed by atoms with Crippen LogP contribution in [0.3, 0.4) is 0 Å². The van der Waals surface area contributed by atoms with Crippen LogP contribution in [0.5, 0.6) is 0 Å². The highest BCUT2D eigenvalue weighted by atomic mass is 32.2. The minimum absolute atomic E-state index is 0.438. The molecule has 3 aromatic carbocycles. The molecule has 4 aromatic rings. The second-order valence-corrected chi connectivity index (χ2v) is 8.00. The van der Waals surface area contributed by atoms with Gasteiger partial charge in [-0.15, -0.1) is 10.2 Å². The first-order valence-corrected chi connectivity index (χ1v) is 11.0. The first-order chi connectivity index (χ1) is 15.4. The van der Waals surface area contributed by atoms with Gasteiger partial charge in [-0.25, -0.2) is 8.78 Å². The van der Waals surface area contributed by atoms with Crippen molar-refractivity contribution in [1.82, 2.24) is 14.8 Å². The molecule has 1 N–H and O–H groups in total. The van der Waals surface area contributed by atoms with E-state index in [0.717, 1.165) is 45.4 Å². The highest BCUT2D eigenvalue weighted by Gasteiger charge is 2.17. The van der Waals surface area contributed by atoms with Crippen LogP contribution in [0, 0.1) is 18.6 Å². The van der Waals surface area contributed by atoms with Gasteiger partial charge in [0.05, 0.1) is 0 Å². The van der Waals surface area contributed by atoms with Crippen molar-refractivity contribution in [2.24, 2.45) is 7.05 Å². The predicted molar refractivity (Wildman–Crippen MR) is 123 cm³/mol. The summed E-state index contributed by atoms with van der Waals surface area (Å²) in [5.74, 6) is -1.87. The molecule has 8 heteroatoms. The molecule has 4 rings (SSSR count). The van der Waals surface area contributed by atoms with Crippen LogP contribution in [-0.4, -0.2) is 26.9 Å². The third-order valence-corrected chi connectivity index (χ3v) is 5.88. The Labute approximate surface area is 188 Å². The van der Waals surface area contributed by atoms with Crippen LogP contribution in [0.2, 0.25) is 0 Å². The maximum atomic E-state index is 13.9. The second-order valence-electron chi connectivity index (χ2n) is 7.23. The van der Waals surface area contributed by atoms with Crippen LogP contribution in [0.4, 0.5) is 14.5 Å². The third kappa shape index (κ3) is 4.13. The lowest BCUT2D eigenvalue weighted by Crippen LogP contribution is -2.15. The summed E-state index contributed by atoms with van der Waals surface area (Å²) in [5, 5.41) is 11.9. The van der Waals surface area contributed by atoms with E-state index in [0.29, 0.717) is 5.69 Å². The number of aromatic nitrogens is 3. The molecule has 5 nitrogen and oxygen atoms in total. The van der Waals surface area contributed by atoms with E-state index in [1.807, 2.05) is 55.1 Å². The van der Waals surface area contributed by atoms with Crippen LogP contribution in [-0.2, 0) is 7.05 Å². The van der Waals surface area contributed by atoms with Crippen LogP contribution in [0.25, 0.3) is 22.5 Å². The van der Waals surface area contributed by atoms with Gasteiger partial charge < -0.3 is 9.88 Å². The van der Waals surface area contributed by atoms with Crippen molar-refractivity contribution < 1.29 is 13.6 Å². The Kier molecular flexibility index (Phi) is 6.05. The summed E-state index contributed by atoms with van der Waals surface area (Å²) in [5.41, 5.74) is 3.79. The van der Waals surface area contributed by atoms with E-state index in [1.54, 1.807) is 12.1 Å². The van der Waals surface area contributed by atoms with Gasteiger partial charge in [0, 0.05) is 18.3 Å². The molecule has 1 aromatic heterocycles. The number of aryl methyl sites for hydroxylation is 1. The first-order valence-electron chi connectivity index (χ1n) is 9.79. The molecular weight excluding hydrogens is 430 g/mol. The Bertz CT molecular complexity index is 1280. The highest BCUT2D eigenvalue weighted by molar-refractivity contribution is 7.98. The van der Waals surface area contributed by atoms with Crippen molar-refractivity contribution in [3.63, 3.8) is 0 Å². The summed E-state index contributed by atoms with van der Waals surface area (Å²) < 4.78 is 29.6. The van der Waals surface area contributed by atoms with Gasteiger partial charge in [0.1, 0.15) is 17.2 Å². The van der Waals surface area contributed by atoms with E-state index in [9.17, 15) is 13.6 Å². The number of nitrogens with zero attached hydrogens (tertiary/aromatic N) is 3. The summed E-state index contributed by atoms with van der Waals surface area (Å²) in [6.07, 6.45) is 1.95. The van der Waals surface area contributed by atoms with E-state index < -0.39 is 23.1 Å². The molecule has 0 aliphatic heterocycles. The van der Waals surface area contributed by atoms with Crippen LogP contribution in [0.1, 0.15) is 15.9 Å². The average Bonchev–Trinajstić information content (AvgIpc) is 3.15. The molecule has 32 heavy (non-hydrogen) atoms. The molecular formula is C24H20F2N4OS. The van der Waals surface area contributed by atoms with Gasteiger partial charge in [-0.2, -0.15) is 0 Å². The summed E-state index contributed by atoms with van der Waals surface area (Å²) in [6.45, 7) is 2.01. The fourth-order valence-corrected chi connectivity index (χ4v) is 3.94. The number of hydrogen-bond donors (Lipinski definition) is 1. The van der Waals surface area contributed by atoms with Gasteiger partial charge in [-0.05, 0) is 60.2 Å². The maximum absolute atomic E-state index is 13.9. The molecule has 0 radical (unpaired) electrons. The summed E-state index contributed by atoms with van der Waals surface area (Å²) in [7, 11) is 1.93. The van der Waals surface area contributed by atoms with Crippen molar-refractivity contribution >= 4 is 23.4 Å². The lowest BCUT2D eigenvalue weighted by Gasteiger charge is -2.11. The number of carbonyl (C=O) groups is 1. The SMILES string of the molecule is CSc1nnc(-c2ccc(C)c(-c3ccc(NC(=O)c4c(F)cccc4F)cc3)c2)n1C. The zero-order valence-corrected chi connectivity index (χ0v) is 18.5. The van der Waals surface area contributed by atoms with E-state index in [4.69, 9.17) is 0 Å². The summed E-state index contributed by atoms with van der Waals surface area (Å²) >= 11 is 1.53. The van der Waals surface area contributed by atoms with Gasteiger partial charge in [0.25, 0.3) is 5.91 Å². The van der Waals surface area contributed by atoms with E-state index in [2.05, 4.69) is 15.5 Å². The van der Waals surface area contributed by atoms with Crippen LogP contribution >= 0.6 is 11.8 Å². The van der Waals surface area contributed by atoms with E-state index in [1.165, 1.54) is 17.8 Å². The molecule has 0 atom stereocenters. The molecule has 0 bridgehead atoms. The van der Waals surface area contributed by atoms with Crippen molar-refractivity contribution in [2.75, 3.05) is 11.6 Å². The molecule has 162 valence electrons. The van der Waals surface area contributed by atoms with Gasteiger partial charge in [0.15, 0.2) is 11.0 Å². The average molecular weight is 451 g/mol. The second kappa shape index (κ2) is 8.92. The van der Waals surface area contributed by atoms with Crippen molar-refractivity contribution in [2.45, 2.75) is 12.1 Å². The molecule has 1 heterocycles. The zero-order valence-electron chi connectivity index (χ0n) is 17.7. The molecule has 1 amide bonds. The number of nitrogens with one attached hydrogen (secondary N) is 1. The molecule has 0 aliphatic rings. The number of rotatable bonds is 5. The minimum Gasteiger partial charge on any atom is -0.322 e. The Morgan fingerprint density at radius 3 is 2.25 bits per heavy atom. The van der Waals surface area contributed by atoms with Crippen molar-refractivity contribution in [3.05, 3.63) is 83.4 Å². The lowest BCUT2D eigenvalue weighted by atomic mass is 9.97. The maximum Gasteiger partial charge on any atom is 0.261 e. The predicted octanol–water partition coefficient (Wildman–Crippen LogP) is 5.71. The minimum atomic E-state index is -0.903. The highest BCUT2D eigenvalue weighted by Crippen LogP contribution is 2.30. The molecule has 0 aliphatic carbocycles. The first kappa shape index (κ1) is 21.7. The van der Waals surface area contributed by atoms with Gasteiger partial charge in [-0.3, -0.25) is 4.79 Å². The largest absolute Gasteiger partial charge is 0.322 e. The standard InChI is InChI=1S/C24H20F2N4OS/c1-14-7-8-16(22-28-29-24(32-3)30(22)2)13-18(14)15-9-11-17(12-10-15)27-23(31)21-19(25)5-4-6-20(21)26/h4-13H,1-3H3,(H,27,31). The zero-order chi connectivity index (χ0) is 22.8. The van der Waals surface area contributed by atoms with Crippen LogP contribution in [0.15, 0.2) is 65.8 Å². The molecule has 0 saturated heterocycles. The van der Waals surface area contributed by atoms with Gasteiger partial charge >= 0.3 is 0 Å². The Hall–Kier alpha value is -3.52. The normalized spacial score (nSPS) is 10.9. The van der Waals surface area contributed by atoms with E-state index >= 15 is 0 Å². The van der Waals surface area contributed by atoms with Crippen molar-refractivity contribution in [3.8, 4) is 22.5 Å². The lowest BCUT2D eigenvalue weighted by molar-refractivity contribution is 0.101. The number of amides is 1. The molecule has 0 fully saturated rings. The topological polar surface area (TPSA) is 59.8 Å². The fraction of sp³-hybridized carbons (Fsp3) is 0.125. The monoisotopic (exact) mass is 450 g/mol. The number of halogens is 2. The fourth-order valence-electron chi connectivity index (χ4n) is 3.46. The number of anilines is 1. The molecule has 0 saturated carbocycles. The van der Waals surface area contributed by atoms with E-state index in [-0.39, 0.29) is 0 Å². The third-order valence-electron chi connectivity index (χ3n) is 5.16. The van der Waals surface area contributed by atoms with Gasteiger partial charge in [0.2, 0.25) is 0 Å². The van der Waals surface area contributed by atoms with Gasteiger partial charge in [-0.1, -0.05) is 42.1 Å². The smallest absolute Gasteiger partial charge is 0.261 e. The number of carbonyl (C=O) groups excluding carboxylic acids is 1. The van der Waals surface area contributed by atoms with Crippen LogP contribution < -0.4 is 5.32 Å². The Morgan fingerprint density at radius 2 is 1.62 bits per heavy atom. The summed E-state index contributed by atoms with van der Waals surface area (Å²) in [4.78, 5) is 12.3.